The molecular weight excluding hydrogens is 459 g/mol. The maximum Gasteiger partial charge on any atom is 0.410 e. The van der Waals surface area contributed by atoms with Crippen molar-refractivity contribution in [3.8, 4) is 5.69 Å². The van der Waals surface area contributed by atoms with E-state index in [-0.39, 0.29) is 11.9 Å². The molecule has 0 N–H and O–H groups in total. The summed E-state index contributed by atoms with van der Waals surface area (Å²) < 4.78 is 21.7. The third-order valence-corrected chi connectivity index (χ3v) is 6.63. The van der Waals surface area contributed by atoms with Crippen LogP contribution in [0.2, 0.25) is 0 Å². The number of carbonyl (C=O) groups excluding carboxylic acids is 2. The molecule has 0 fully saturated rings. The molecule has 0 spiro atoms. The maximum absolute atomic E-state index is 14.3. The van der Waals surface area contributed by atoms with Crippen molar-refractivity contribution in [3.63, 3.8) is 0 Å². The average molecular weight is 493 g/mol. The van der Waals surface area contributed by atoms with Crippen LogP contribution in [-0.2, 0) is 4.74 Å². The van der Waals surface area contributed by atoms with Crippen molar-refractivity contribution >= 4 is 28.5 Å². The van der Waals surface area contributed by atoms with E-state index in [1.165, 1.54) is 18.5 Å². The smallest absolute Gasteiger partial charge is 0.410 e. The minimum Gasteiger partial charge on any atom is -0.444 e. The number of carbonyl (C=O) groups is 2. The SMILES string of the molecule is CCC(C)(C)C(=O)c1cc(F)ccc1-n1cc(C2=CCN(C(=O)OC(C)(C)C)CC2)c2ncncc21. The van der Waals surface area contributed by atoms with Gasteiger partial charge in [0.15, 0.2) is 5.78 Å². The van der Waals surface area contributed by atoms with Crippen LogP contribution in [0, 0.1) is 11.2 Å². The normalized spacial score (nSPS) is 14.6. The van der Waals surface area contributed by atoms with Gasteiger partial charge in [0.2, 0.25) is 0 Å². The van der Waals surface area contributed by atoms with Crippen LogP contribution in [0.4, 0.5) is 9.18 Å². The molecule has 0 saturated heterocycles. The number of aromatic nitrogens is 3. The Bertz CT molecular complexity index is 1350. The van der Waals surface area contributed by atoms with Gasteiger partial charge in [-0.1, -0.05) is 26.8 Å². The maximum atomic E-state index is 14.3. The van der Waals surface area contributed by atoms with Gasteiger partial charge in [-0.05, 0) is 57.4 Å². The first kappa shape index (κ1) is 25.5. The first-order valence-corrected chi connectivity index (χ1v) is 12.2. The van der Waals surface area contributed by atoms with Gasteiger partial charge >= 0.3 is 6.09 Å². The van der Waals surface area contributed by atoms with E-state index in [2.05, 4.69) is 9.97 Å². The van der Waals surface area contributed by atoms with E-state index >= 15 is 0 Å². The van der Waals surface area contributed by atoms with Gasteiger partial charge in [0, 0.05) is 35.8 Å². The van der Waals surface area contributed by atoms with Crippen molar-refractivity contribution in [1.82, 2.24) is 19.4 Å². The van der Waals surface area contributed by atoms with E-state index < -0.39 is 16.8 Å². The van der Waals surface area contributed by atoms with Crippen molar-refractivity contribution < 1.29 is 18.7 Å². The number of ketones is 1. The van der Waals surface area contributed by atoms with Crippen molar-refractivity contribution in [3.05, 3.63) is 59.9 Å². The van der Waals surface area contributed by atoms with E-state index in [9.17, 15) is 14.0 Å². The van der Waals surface area contributed by atoms with Crippen LogP contribution >= 0.6 is 0 Å². The predicted octanol–water partition coefficient (Wildman–Crippen LogP) is 6.20. The van der Waals surface area contributed by atoms with Crippen molar-refractivity contribution in [2.45, 2.75) is 60.0 Å². The molecule has 4 rings (SSSR count). The summed E-state index contributed by atoms with van der Waals surface area (Å²) in [5.74, 6) is -0.580. The fourth-order valence-corrected chi connectivity index (χ4v) is 4.23. The molecule has 0 atom stereocenters. The molecule has 7 nitrogen and oxygen atoms in total. The number of Topliss-reactive ketones (excluding diaryl/α,β-unsaturated/α-hetero) is 1. The molecule has 1 aliphatic rings. The Labute approximate surface area is 211 Å². The molecule has 0 unspecified atom stereocenters. The second-order valence-corrected chi connectivity index (χ2v) is 10.8. The summed E-state index contributed by atoms with van der Waals surface area (Å²) in [4.78, 5) is 36.3. The van der Waals surface area contributed by atoms with Crippen molar-refractivity contribution in [2.24, 2.45) is 5.41 Å². The number of hydrogen-bond acceptors (Lipinski definition) is 5. The zero-order valence-electron chi connectivity index (χ0n) is 21.8. The van der Waals surface area contributed by atoms with Crippen molar-refractivity contribution in [2.75, 3.05) is 13.1 Å². The summed E-state index contributed by atoms with van der Waals surface area (Å²) in [6.45, 7) is 12.2. The number of amides is 1. The number of rotatable bonds is 5. The van der Waals surface area contributed by atoms with Gasteiger partial charge in [-0.25, -0.2) is 19.2 Å². The van der Waals surface area contributed by atoms with Crippen LogP contribution in [-0.4, -0.2) is 50.0 Å². The topological polar surface area (TPSA) is 77.3 Å². The fraction of sp³-hybridized carbons (Fsp3) is 0.429. The minimum absolute atomic E-state index is 0.121. The molecule has 1 aliphatic heterocycles. The second kappa shape index (κ2) is 9.48. The summed E-state index contributed by atoms with van der Waals surface area (Å²) >= 11 is 0. The van der Waals surface area contributed by atoms with Gasteiger partial charge in [0.05, 0.1) is 22.9 Å². The Morgan fingerprint density at radius 2 is 1.92 bits per heavy atom. The van der Waals surface area contributed by atoms with E-state index in [0.717, 1.165) is 22.2 Å². The summed E-state index contributed by atoms with van der Waals surface area (Å²) in [6, 6.07) is 4.30. The molecule has 3 heterocycles. The summed E-state index contributed by atoms with van der Waals surface area (Å²) in [6.07, 6.45) is 8.04. The van der Waals surface area contributed by atoms with Crippen LogP contribution in [0.3, 0.4) is 0 Å². The molecule has 36 heavy (non-hydrogen) atoms. The molecular formula is C28H33FN4O3. The molecule has 0 radical (unpaired) electrons. The highest BCUT2D eigenvalue weighted by atomic mass is 19.1. The highest BCUT2D eigenvalue weighted by Crippen LogP contribution is 2.34. The zero-order valence-corrected chi connectivity index (χ0v) is 21.8. The lowest BCUT2D eigenvalue weighted by Gasteiger charge is -2.29. The summed E-state index contributed by atoms with van der Waals surface area (Å²) in [5, 5.41) is 0. The Morgan fingerprint density at radius 3 is 2.56 bits per heavy atom. The lowest BCUT2D eigenvalue weighted by atomic mass is 9.81. The summed E-state index contributed by atoms with van der Waals surface area (Å²) in [5.41, 5.74) is 3.11. The number of halogens is 1. The number of benzene rings is 1. The van der Waals surface area contributed by atoms with Gasteiger partial charge in [-0.2, -0.15) is 0 Å². The molecule has 0 aliphatic carbocycles. The van der Waals surface area contributed by atoms with E-state index in [0.29, 0.717) is 37.2 Å². The Morgan fingerprint density at radius 1 is 1.17 bits per heavy atom. The van der Waals surface area contributed by atoms with Crippen molar-refractivity contribution in [1.29, 1.82) is 0 Å². The molecule has 0 bridgehead atoms. The Hall–Kier alpha value is -3.55. The van der Waals surface area contributed by atoms with Crippen LogP contribution in [0.25, 0.3) is 22.3 Å². The van der Waals surface area contributed by atoms with Crippen LogP contribution in [0.5, 0.6) is 0 Å². The first-order valence-electron chi connectivity index (χ1n) is 12.2. The monoisotopic (exact) mass is 492 g/mol. The van der Waals surface area contributed by atoms with E-state index in [1.54, 1.807) is 17.2 Å². The highest BCUT2D eigenvalue weighted by molar-refractivity contribution is 6.04. The molecule has 190 valence electrons. The third-order valence-electron chi connectivity index (χ3n) is 6.63. The Balaban J connectivity index is 1.76. The number of nitrogens with zero attached hydrogens (tertiary/aromatic N) is 4. The molecule has 0 saturated carbocycles. The lowest BCUT2D eigenvalue weighted by Crippen LogP contribution is -2.39. The molecule has 2 aromatic heterocycles. The van der Waals surface area contributed by atoms with Gasteiger partial charge in [0.25, 0.3) is 0 Å². The number of ether oxygens (including phenoxy) is 1. The largest absolute Gasteiger partial charge is 0.444 e. The highest BCUT2D eigenvalue weighted by Gasteiger charge is 2.30. The second-order valence-electron chi connectivity index (χ2n) is 10.8. The molecule has 3 aromatic rings. The zero-order chi connectivity index (χ0) is 26.3. The van der Waals surface area contributed by atoms with Gasteiger partial charge < -0.3 is 14.2 Å². The molecule has 8 heteroatoms. The predicted molar refractivity (Wildman–Crippen MR) is 138 cm³/mol. The van der Waals surface area contributed by atoms with Crippen LogP contribution in [0.1, 0.15) is 70.3 Å². The minimum atomic E-state index is -0.637. The number of fused-ring (bicyclic) bond motifs is 1. The lowest BCUT2D eigenvalue weighted by molar-refractivity contribution is 0.0270. The Kier molecular flexibility index (Phi) is 6.73. The van der Waals surface area contributed by atoms with Gasteiger partial charge in [-0.15, -0.1) is 0 Å². The third kappa shape index (κ3) is 5.03. The van der Waals surface area contributed by atoms with Crippen LogP contribution in [0.15, 0.2) is 43.0 Å². The van der Waals surface area contributed by atoms with Gasteiger partial charge in [-0.3, -0.25) is 4.79 Å². The fourth-order valence-electron chi connectivity index (χ4n) is 4.23. The van der Waals surface area contributed by atoms with Crippen LogP contribution < -0.4 is 0 Å². The molecule has 1 aromatic carbocycles. The van der Waals surface area contributed by atoms with E-state index in [1.807, 2.05) is 58.4 Å². The first-order chi connectivity index (χ1) is 16.9. The van der Waals surface area contributed by atoms with E-state index in [4.69, 9.17) is 4.74 Å². The average Bonchev–Trinajstić information content (AvgIpc) is 3.22. The number of hydrogen-bond donors (Lipinski definition) is 0. The standard InChI is InChI=1S/C28H33FN4O3/c1-7-28(5,6)25(34)20-14-19(29)8-9-22(20)33-16-21(24-23(33)15-30-17-31-24)18-10-12-32(13-11-18)26(35)36-27(2,3)4/h8-10,14-17H,7,11-13H2,1-6H3. The quantitative estimate of drug-likeness (QED) is 0.396. The van der Waals surface area contributed by atoms with Gasteiger partial charge in [0.1, 0.15) is 17.7 Å². The molecule has 1 amide bonds. The summed E-state index contributed by atoms with van der Waals surface area (Å²) in [7, 11) is 0.